The Morgan fingerprint density at radius 3 is 2.11 bits per heavy atom. The van der Waals surface area contributed by atoms with E-state index in [1.54, 1.807) is 0 Å². The predicted molar refractivity (Wildman–Crippen MR) is 81.6 cm³/mol. The van der Waals surface area contributed by atoms with Gasteiger partial charge in [0.25, 0.3) is 0 Å². The van der Waals surface area contributed by atoms with E-state index >= 15 is 0 Å². The third-order valence-electron chi connectivity index (χ3n) is 2.63. The lowest BCUT2D eigenvalue weighted by atomic mass is 10.1. The number of halogens is 1. The molecule has 92 valence electrons. The summed E-state index contributed by atoms with van der Waals surface area (Å²) in [7, 11) is 4.08. The van der Waals surface area contributed by atoms with Gasteiger partial charge in [-0.15, -0.1) is 0 Å². The van der Waals surface area contributed by atoms with Crippen molar-refractivity contribution in [1.29, 1.82) is 0 Å². The third-order valence-corrected chi connectivity index (χ3v) is 3.10. The molecule has 0 fully saturated rings. The molecule has 1 aromatic heterocycles. The minimum absolute atomic E-state index is 0.856. The fourth-order valence-corrected chi connectivity index (χ4v) is 1.80. The third kappa shape index (κ3) is 3.44. The van der Waals surface area contributed by atoms with Gasteiger partial charge >= 0.3 is 0 Å². The van der Waals surface area contributed by atoms with Gasteiger partial charge in [-0.2, -0.15) is 0 Å². The Bertz CT molecular complexity index is 527. The molecule has 2 nitrogen and oxygen atoms in total. The zero-order valence-corrected chi connectivity index (χ0v) is 12.1. The van der Waals surface area contributed by atoms with Crippen LogP contribution in [0.5, 0.6) is 0 Å². The summed E-state index contributed by atoms with van der Waals surface area (Å²) in [6.45, 7) is 0. The molecule has 18 heavy (non-hydrogen) atoms. The van der Waals surface area contributed by atoms with E-state index in [0.717, 1.165) is 10.2 Å². The molecule has 0 saturated heterocycles. The number of pyridine rings is 1. The van der Waals surface area contributed by atoms with Crippen LogP contribution in [-0.4, -0.2) is 19.1 Å². The largest absolute Gasteiger partial charge is 0.378 e. The Labute approximate surface area is 116 Å². The summed E-state index contributed by atoms with van der Waals surface area (Å²) in [6.07, 6.45) is 5.99. The van der Waals surface area contributed by atoms with Gasteiger partial charge in [0.2, 0.25) is 0 Å². The van der Waals surface area contributed by atoms with E-state index in [0.29, 0.717) is 0 Å². The Kier molecular flexibility index (Phi) is 4.15. The monoisotopic (exact) mass is 302 g/mol. The molecule has 0 aliphatic carbocycles. The predicted octanol–water partition coefficient (Wildman–Crippen LogP) is 4.08. The van der Waals surface area contributed by atoms with Crippen molar-refractivity contribution in [3.05, 3.63) is 58.3 Å². The van der Waals surface area contributed by atoms with Crippen LogP contribution in [0.25, 0.3) is 12.2 Å². The zero-order chi connectivity index (χ0) is 13.0. The first-order valence-electron chi connectivity index (χ1n) is 5.72. The summed E-state index contributed by atoms with van der Waals surface area (Å²) >= 11 is 3.32. The van der Waals surface area contributed by atoms with E-state index in [-0.39, 0.29) is 0 Å². The number of anilines is 1. The second-order valence-corrected chi connectivity index (χ2v) is 5.05. The number of benzene rings is 1. The molecule has 1 heterocycles. The molecule has 0 radical (unpaired) electrons. The van der Waals surface area contributed by atoms with Gasteiger partial charge in [-0.25, -0.2) is 4.98 Å². The first-order valence-corrected chi connectivity index (χ1v) is 6.51. The van der Waals surface area contributed by atoms with Crippen LogP contribution in [0.4, 0.5) is 5.69 Å². The van der Waals surface area contributed by atoms with Crippen molar-refractivity contribution in [3.63, 3.8) is 0 Å². The molecule has 2 rings (SSSR count). The van der Waals surface area contributed by atoms with E-state index in [1.165, 1.54) is 11.3 Å². The van der Waals surface area contributed by atoms with Crippen molar-refractivity contribution in [3.8, 4) is 0 Å². The SMILES string of the molecule is CN(C)c1ccc(/C=C/c2ccc(Br)nc2)cc1. The van der Waals surface area contributed by atoms with Gasteiger partial charge in [0.1, 0.15) is 4.60 Å². The number of hydrogen-bond acceptors (Lipinski definition) is 2. The molecule has 0 N–H and O–H groups in total. The molecule has 0 bridgehead atoms. The molecule has 0 unspecified atom stereocenters. The first kappa shape index (κ1) is 12.8. The van der Waals surface area contributed by atoms with E-state index < -0.39 is 0 Å². The van der Waals surface area contributed by atoms with Crippen molar-refractivity contribution < 1.29 is 0 Å². The molecule has 0 aliphatic heterocycles. The minimum Gasteiger partial charge on any atom is -0.378 e. The summed E-state index contributed by atoms with van der Waals surface area (Å²) < 4.78 is 0.856. The van der Waals surface area contributed by atoms with Crippen molar-refractivity contribution >= 4 is 33.8 Å². The molecule has 0 atom stereocenters. The highest BCUT2D eigenvalue weighted by Crippen LogP contribution is 2.15. The lowest BCUT2D eigenvalue weighted by Crippen LogP contribution is -2.07. The van der Waals surface area contributed by atoms with Crippen LogP contribution < -0.4 is 4.90 Å². The van der Waals surface area contributed by atoms with E-state index in [2.05, 4.69) is 62.2 Å². The minimum atomic E-state index is 0.856. The van der Waals surface area contributed by atoms with E-state index in [4.69, 9.17) is 0 Å². The normalized spacial score (nSPS) is 10.8. The number of rotatable bonds is 3. The molecule has 0 amide bonds. The van der Waals surface area contributed by atoms with Gasteiger partial charge in [0, 0.05) is 26.0 Å². The lowest BCUT2D eigenvalue weighted by Gasteiger charge is -2.11. The van der Waals surface area contributed by atoms with Crippen LogP contribution in [0.3, 0.4) is 0 Å². The average molecular weight is 303 g/mol. The summed E-state index contributed by atoms with van der Waals surface area (Å²) in [5.41, 5.74) is 3.48. The number of hydrogen-bond donors (Lipinski definition) is 0. The second-order valence-electron chi connectivity index (χ2n) is 4.23. The molecular formula is C15H15BrN2. The van der Waals surface area contributed by atoms with Crippen LogP contribution in [-0.2, 0) is 0 Å². The van der Waals surface area contributed by atoms with E-state index in [1.807, 2.05) is 32.4 Å². The maximum Gasteiger partial charge on any atom is 0.106 e. The van der Waals surface area contributed by atoms with Crippen molar-refractivity contribution in [2.75, 3.05) is 19.0 Å². The Morgan fingerprint density at radius 2 is 1.56 bits per heavy atom. The van der Waals surface area contributed by atoms with Crippen LogP contribution in [0, 0.1) is 0 Å². The van der Waals surface area contributed by atoms with Crippen molar-refractivity contribution in [2.45, 2.75) is 0 Å². The maximum atomic E-state index is 4.19. The van der Waals surface area contributed by atoms with Gasteiger partial charge in [-0.3, -0.25) is 0 Å². The topological polar surface area (TPSA) is 16.1 Å². The zero-order valence-electron chi connectivity index (χ0n) is 10.5. The van der Waals surface area contributed by atoms with E-state index in [9.17, 15) is 0 Å². The van der Waals surface area contributed by atoms with Gasteiger partial charge in [0.05, 0.1) is 0 Å². The number of nitrogens with zero attached hydrogens (tertiary/aromatic N) is 2. The summed E-state index contributed by atoms with van der Waals surface area (Å²) in [5.74, 6) is 0. The first-order chi connectivity index (χ1) is 8.65. The number of aromatic nitrogens is 1. The fourth-order valence-electron chi connectivity index (χ4n) is 1.56. The highest BCUT2D eigenvalue weighted by atomic mass is 79.9. The molecule has 0 saturated carbocycles. The van der Waals surface area contributed by atoms with Crippen molar-refractivity contribution in [1.82, 2.24) is 4.98 Å². The van der Waals surface area contributed by atoms with Gasteiger partial charge < -0.3 is 4.90 Å². The quantitative estimate of drug-likeness (QED) is 0.794. The Morgan fingerprint density at radius 1 is 0.944 bits per heavy atom. The van der Waals surface area contributed by atoms with Crippen molar-refractivity contribution in [2.24, 2.45) is 0 Å². The lowest BCUT2D eigenvalue weighted by molar-refractivity contribution is 1.13. The molecule has 2 aromatic rings. The molecule has 0 spiro atoms. The van der Waals surface area contributed by atoms with Crippen LogP contribution >= 0.6 is 15.9 Å². The maximum absolute atomic E-state index is 4.19. The van der Waals surface area contributed by atoms with Crippen LogP contribution in [0.15, 0.2) is 47.2 Å². The van der Waals surface area contributed by atoms with Crippen LogP contribution in [0.1, 0.15) is 11.1 Å². The summed E-state index contributed by atoms with van der Waals surface area (Å²) in [4.78, 5) is 6.28. The standard InChI is InChI=1S/C15H15BrN2/c1-18(2)14-8-5-12(6-9-14)3-4-13-7-10-15(16)17-11-13/h3-11H,1-2H3/b4-3+. The molecule has 1 aromatic carbocycles. The average Bonchev–Trinajstić information content (AvgIpc) is 2.38. The van der Waals surface area contributed by atoms with Gasteiger partial charge in [-0.05, 0) is 45.3 Å². The molecular weight excluding hydrogens is 288 g/mol. The smallest absolute Gasteiger partial charge is 0.106 e. The summed E-state index contributed by atoms with van der Waals surface area (Å²) in [5, 5.41) is 0. The molecule has 0 aliphatic rings. The van der Waals surface area contributed by atoms with Gasteiger partial charge in [-0.1, -0.05) is 30.4 Å². The fraction of sp³-hybridized carbons (Fsp3) is 0.133. The van der Waals surface area contributed by atoms with Gasteiger partial charge in [0.15, 0.2) is 0 Å². The Balaban J connectivity index is 2.11. The second kappa shape index (κ2) is 5.83. The molecule has 3 heteroatoms. The highest BCUT2D eigenvalue weighted by molar-refractivity contribution is 9.10. The van der Waals surface area contributed by atoms with Crippen LogP contribution in [0.2, 0.25) is 0 Å². The highest BCUT2D eigenvalue weighted by Gasteiger charge is 1.94. The summed E-state index contributed by atoms with van der Waals surface area (Å²) in [6, 6.07) is 12.4. The Hall–Kier alpha value is -1.61.